The Morgan fingerprint density at radius 2 is 1.89 bits per heavy atom. The van der Waals surface area contributed by atoms with Gasteiger partial charge >= 0.3 is 11.7 Å². The van der Waals surface area contributed by atoms with Crippen LogP contribution in [0.1, 0.15) is 29.8 Å². The molecule has 27 heavy (non-hydrogen) atoms. The number of hydrazone groups is 1. The van der Waals surface area contributed by atoms with Crippen molar-refractivity contribution in [1.29, 1.82) is 0 Å². The summed E-state index contributed by atoms with van der Waals surface area (Å²) < 4.78 is 10.8. The van der Waals surface area contributed by atoms with Crippen molar-refractivity contribution in [3.05, 3.63) is 57.6 Å². The third kappa shape index (κ3) is 4.94. The summed E-state index contributed by atoms with van der Waals surface area (Å²) in [5.74, 6) is -0.629. The highest BCUT2D eigenvalue weighted by Gasteiger charge is 2.19. The second kappa shape index (κ2) is 9.18. The predicted octanol–water partition coefficient (Wildman–Crippen LogP) is 3.54. The van der Waals surface area contributed by atoms with Crippen LogP contribution in [0.5, 0.6) is 11.5 Å². The number of benzene rings is 2. The molecule has 2 rings (SSSR count). The van der Waals surface area contributed by atoms with Gasteiger partial charge in [-0.25, -0.2) is 4.79 Å². The zero-order valence-corrected chi connectivity index (χ0v) is 14.8. The third-order valence-electron chi connectivity index (χ3n) is 3.43. The molecule has 9 nitrogen and oxygen atoms in total. The molecular formula is C18H19N3O6. The standard InChI is InChI=1S/C18H19N3O6/c1-3-26-16-10-17(27-4-2)15(21(24)25)9-12(16)11-19-20-14-8-6-5-7-13(14)18(22)23/h5-11,20H,3-4H2,1-2H3,(H,22,23). The predicted molar refractivity (Wildman–Crippen MR) is 100 cm³/mol. The lowest BCUT2D eigenvalue weighted by Gasteiger charge is -2.11. The first-order chi connectivity index (χ1) is 13.0. The maximum Gasteiger partial charge on any atom is 0.337 e. The normalized spacial score (nSPS) is 10.6. The number of nitro benzene ring substituents is 1. The van der Waals surface area contributed by atoms with Crippen LogP contribution >= 0.6 is 0 Å². The summed E-state index contributed by atoms with van der Waals surface area (Å²) in [7, 11) is 0. The first-order valence-corrected chi connectivity index (χ1v) is 8.17. The minimum Gasteiger partial charge on any atom is -0.493 e. The number of nitro groups is 1. The van der Waals surface area contributed by atoms with Crippen molar-refractivity contribution in [2.24, 2.45) is 5.10 Å². The molecule has 2 N–H and O–H groups in total. The molecule has 0 fully saturated rings. The van der Waals surface area contributed by atoms with E-state index in [0.29, 0.717) is 23.6 Å². The lowest BCUT2D eigenvalue weighted by atomic mass is 10.1. The quantitative estimate of drug-likeness (QED) is 0.391. The number of para-hydroxylation sites is 1. The fourth-order valence-corrected chi connectivity index (χ4v) is 2.30. The second-order valence-corrected chi connectivity index (χ2v) is 5.20. The van der Waals surface area contributed by atoms with E-state index in [-0.39, 0.29) is 23.6 Å². The Morgan fingerprint density at radius 3 is 2.52 bits per heavy atom. The van der Waals surface area contributed by atoms with E-state index in [9.17, 15) is 20.0 Å². The van der Waals surface area contributed by atoms with E-state index in [1.165, 1.54) is 24.4 Å². The molecule has 0 radical (unpaired) electrons. The number of ether oxygens (including phenoxy) is 2. The summed E-state index contributed by atoms with van der Waals surface area (Å²) in [6, 6.07) is 9.00. The number of nitrogens with zero attached hydrogens (tertiary/aromatic N) is 2. The van der Waals surface area contributed by atoms with Crippen molar-refractivity contribution in [3.8, 4) is 11.5 Å². The van der Waals surface area contributed by atoms with Gasteiger partial charge < -0.3 is 14.6 Å². The zero-order valence-electron chi connectivity index (χ0n) is 14.8. The number of carbonyl (C=O) groups is 1. The molecule has 0 amide bonds. The number of aromatic carboxylic acids is 1. The van der Waals surface area contributed by atoms with Crippen LogP contribution in [0.25, 0.3) is 0 Å². The van der Waals surface area contributed by atoms with Crippen LogP contribution in [0.2, 0.25) is 0 Å². The lowest BCUT2D eigenvalue weighted by molar-refractivity contribution is -0.385. The van der Waals surface area contributed by atoms with E-state index in [1.807, 2.05) is 0 Å². The Kier molecular flexibility index (Phi) is 6.70. The largest absolute Gasteiger partial charge is 0.493 e. The van der Waals surface area contributed by atoms with Gasteiger partial charge in [0.15, 0.2) is 0 Å². The fraction of sp³-hybridized carbons (Fsp3) is 0.222. The molecule has 2 aromatic carbocycles. The Hall–Kier alpha value is -3.62. The van der Waals surface area contributed by atoms with Gasteiger partial charge in [-0.3, -0.25) is 15.5 Å². The molecule has 142 valence electrons. The Labute approximate surface area is 155 Å². The van der Waals surface area contributed by atoms with Crippen molar-refractivity contribution in [1.82, 2.24) is 0 Å². The van der Waals surface area contributed by atoms with E-state index in [2.05, 4.69) is 10.5 Å². The number of anilines is 1. The van der Waals surface area contributed by atoms with Crippen molar-refractivity contribution >= 4 is 23.6 Å². The van der Waals surface area contributed by atoms with Crippen LogP contribution in [0.15, 0.2) is 41.5 Å². The molecule has 0 aliphatic heterocycles. The highest BCUT2D eigenvalue weighted by atomic mass is 16.6. The number of rotatable bonds is 9. The van der Waals surface area contributed by atoms with Gasteiger partial charge in [0.25, 0.3) is 0 Å². The minimum absolute atomic E-state index is 0.0531. The summed E-state index contributed by atoms with van der Waals surface area (Å²) in [5.41, 5.74) is 3.12. The summed E-state index contributed by atoms with van der Waals surface area (Å²) in [5, 5.41) is 24.5. The van der Waals surface area contributed by atoms with E-state index in [1.54, 1.807) is 32.0 Å². The van der Waals surface area contributed by atoms with Crippen LogP contribution < -0.4 is 14.9 Å². The van der Waals surface area contributed by atoms with E-state index >= 15 is 0 Å². The van der Waals surface area contributed by atoms with Gasteiger partial charge in [0, 0.05) is 17.7 Å². The maximum atomic E-state index is 11.3. The number of carboxylic acid groups (broad SMARTS) is 1. The molecule has 0 saturated carbocycles. The van der Waals surface area contributed by atoms with Crippen molar-refractivity contribution in [3.63, 3.8) is 0 Å². The van der Waals surface area contributed by atoms with Gasteiger partial charge in [-0.05, 0) is 26.0 Å². The van der Waals surface area contributed by atoms with E-state index in [0.717, 1.165) is 0 Å². The molecule has 0 saturated heterocycles. The number of carboxylic acids is 1. The maximum absolute atomic E-state index is 11.3. The molecular weight excluding hydrogens is 354 g/mol. The molecule has 0 aliphatic rings. The van der Waals surface area contributed by atoms with Gasteiger partial charge in [-0.1, -0.05) is 12.1 Å². The number of hydrogen-bond donors (Lipinski definition) is 2. The molecule has 0 aromatic heterocycles. The first-order valence-electron chi connectivity index (χ1n) is 8.17. The average molecular weight is 373 g/mol. The van der Waals surface area contributed by atoms with Crippen molar-refractivity contribution < 1.29 is 24.3 Å². The van der Waals surface area contributed by atoms with Gasteiger partial charge in [0.1, 0.15) is 5.75 Å². The molecule has 0 aliphatic carbocycles. The summed E-state index contributed by atoms with van der Waals surface area (Å²) >= 11 is 0. The van der Waals surface area contributed by atoms with Gasteiger partial charge in [0.2, 0.25) is 5.75 Å². The average Bonchev–Trinajstić information content (AvgIpc) is 2.63. The van der Waals surface area contributed by atoms with Crippen LogP contribution in [-0.2, 0) is 0 Å². The molecule has 0 unspecified atom stereocenters. The molecule has 0 bridgehead atoms. The lowest BCUT2D eigenvalue weighted by Crippen LogP contribution is -2.04. The van der Waals surface area contributed by atoms with E-state index < -0.39 is 10.9 Å². The molecule has 0 atom stereocenters. The highest BCUT2D eigenvalue weighted by Crippen LogP contribution is 2.34. The Balaban J connectivity index is 2.36. The minimum atomic E-state index is -1.10. The summed E-state index contributed by atoms with van der Waals surface area (Å²) in [6.07, 6.45) is 1.33. The van der Waals surface area contributed by atoms with Crippen LogP contribution in [-0.4, -0.2) is 35.4 Å². The monoisotopic (exact) mass is 373 g/mol. The van der Waals surface area contributed by atoms with Gasteiger partial charge in [-0.15, -0.1) is 0 Å². The van der Waals surface area contributed by atoms with E-state index in [4.69, 9.17) is 9.47 Å². The number of nitrogens with one attached hydrogen (secondary N) is 1. The highest BCUT2D eigenvalue weighted by molar-refractivity contribution is 5.94. The topological polar surface area (TPSA) is 123 Å². The fourth-order valence-electron chi connectivity index (χ4n) is 2.30. The van der Waals surface area contributed by atoms with Crippen LogP contribution in [0.4, 0.5) is 11.4 Å². The van der Waals surface area contributed by atoms with Crippen molar-refractivity contribution in [2.75, 3.05) is 18.6 Å². The molecule has 2 aromatic rings. The van der Waals surface area contributed by atoms with Crippen LogP contribution in [0.3, 0.4) is 0 Å². The first kappa shape index (κ1) is 19.7. The summed E-state index contributed by atoms with van der Waals surface area (Å²) in [6.45, 7) is 4.13. The zero-order chi connectivity index (χ0) is 19.8. The Morgan fingerprint density at radius 1 is 1.22 bits per heavy atom. The van der Waals surface area contributed by atoms with Gasteiger partial charge in [-0.2, -0.15) is 5.10 Å². The smallest absolute Gasteiger partial charge is 0.337 e. The molecule has 0 heterocycles. The third-order valence-corrected chi connectivity index (χ3v) is 3.43. The van der Waals surface area contributed by atoms with Gasteiger partial charge in [0.05, 0.1) is 35.6 Å². The summed E-state index contributed by atoms with van der Waals surface area (Å²) in [4.78, 5) is 22.0. The Bertz CT molecular complexity index is 866. The van der Waals surface area contributed by atoms with Crippen LogP contribution in [0, 0.1) is 10.1 Å². The SMILES string of the molecule is CCOc1cc(OCC)c([N+](=O)[O-])cc1C=NNc1ccccc1C(=O)O. The molecule has 0 spiro atoms. The molecule has 9 heteroatoms. The van der Waals surface area contributed by atoms with Crippen molar-refractivity contribution in [2.45, 2.75) is 13.8 Å². The second-order valence-electron chi connectivity index (χ2n) is 5.20. The number of hydrogen-bond acceptors (Lipinski definition) is 7.